The summed E-state index contributed by atoms with van der Waals surface area (Å²) < 4.78 is 10.2. The second-order valence-electron chi connectivity index (χ2n) is 5.72. The molecule has 0 aliphatic heterocycles. The fraction of sp³-hybridized carbons (Fsp3) is 0.300. The Kier molecular flexibility index (Phi) is 6.57. The van der Waals surface area contributed by atoms with E-state index < -0.39 is 0 Å². The SMILES string of the molecule is CCc1ccc(OCC(=O)N(C)Cc2ccc(C(=O)OC)cc2)cc1. The molecule has 0 fully saturated rings. The molecule has 0 N–H and O–H groups in total. The number of hydrogen-bond acceptors (Lipinski definition) is 4. The molecule has 0 atom stereocenters. The van der Waals surface area contributed by atoms with Gasteiger partial charge in [-0.15, -0.1) is 0 Å². The molecule has 5 nitrogen and oxygen atoms in total. The molecule has 0 unspecified atom stereocenters. The maximum absolute atomic E-state index is 12.2. The molecule has 0 radical (unpaired) electrons. The molecular formula is C20H23NO4. The van der Waals surface area contributed by atoms with Crippen molar-refractivity contribution in [2.45, 2.75) is 19.9 Å². The predicted molar refractivity (Wildman–Crippen MR) is 95.6 cm³/mol. The average molecular weight is 341 g/mol. The molecule has 0 saturated carbocycles. The lowest BCUT2D eigenvalue weighted by atomic mass is 10.1. The van der Waals surface area contributed by atoms with E-state index in [1.165, 1.54) is 12.7 Å². The number of aryl methyl sites for hydroxylation is 1. The smallest absolute Gasteiger partial charge is 0.337 e. The zero-order valence-electron chi connectivity index (χ0n) is 14.8. The third-order valence-corrected chi connectivity index (χ3v) is 3.91. The molecule has 0 aromatic heterocycles. The summed E-state index contributed by atoms with van der Waals surface area (Å²) in [5, 5.41) is 0. The van der Waals surface area contributed by atoms with E-state index in [-0.39, 0.29) is 18.5 Å². The minimum absolute atomic E-state index is 0.0117. The summed E-state index contributed by atoms with van der Waals surface area (Å²) >= 11 is 0. The number of amides is 1. The Hall–Kier alpha value is -2.82. The van der Waals surface area contributed by atoms with Crippen molar-refractivity contribution in [3.8, 4) is 5.75 Å². The van der Waals surface area contributed by atoms with E-state index in [4.69, 9.17) is 4.74 Å². The predicted octanol–water partition coefficient (Wildman–Crippen LogP) is 3.07. The third kappa shape index (κ3) is 5.35. The van der Waals surface area contributed by atoms with E-state index in [0.717, 1.165) is 12.0 Å². The van der Waals surface area contributed by atoms with Crippen LogP contribution in [0, 0.1) is 0 Å². The molecule has 132 valence electrons. The van der Waals surface area contributed by atoms with Gasteiger partial charge in [0.25, 0.3) is 5.91 Å². The molecule has 0 bridgehead atoms. The molecule has 0 heterocycles. The normalized spacial score (nSPS) is 10.2. The zero-order chi connectivity index (χ0) is 18.2. The highest BCUT2D eigenvalue weighted by molar-refractivity contribution is 5.89. The number of rotatable bonds is 7. The molecule has 1 amide bonds. The van der Waals surface area contributed by atoms with E-state index in [1.54, 1.807) is 36.2 Å². The second kappa shape index (κ2) is 8.87. The van der Waals surface area contributed by atoms with Gasteiger partial charge in [-0.3, -0.25) is 4.79 Å². The van der Waals surface area contributed by atoms with Crippen LogP contribution in [0.1, 0.15) is 28.4 Å². The first kappa shape index (κ1) is 18.5. The molecule has 2 aromatic rings. The monoisotopic (exact) mass is 341 g/mol. The molecule has 2 aromatic carbocycles. The number of methoxy groups -OCH3 is 1. The van der Waals surface area contributed by atoms with Gasteiger partial charge in [-0.1, -0.05) is 31.2 Å². The van der Waals surface area contributed by atoms with E-state index in [9.17, 15) is 9.59 Å². The molecule has 5 heteroatoms. The van der Waals surface area contributed by atoms with Gasteiger partial charge in [0.05, 0.1) is 12.7 Å². The van der Waals surface area contributed by atoms with Crippen molar-refractivity contribution in [1.82, 2.24) is 4.90 Å². The Morgan fingerprint density at radius 3 is 2.12 bits per heavy atom. The summed E-state index contributed by atoms with van der Waals surface area (Å²) in [6, 6.07) is 14.7. The quantitative estimate of drug-likeness (QED) is 0.726. The minimum Gasteiger partial charge on any atom is -0.484 e. The van der Waals surface area contributed by atoms with E-state index >= 15 is 0 Å². The first-order chi connectivity index (χ1) is 12.0. The van der Waals surface area contributed by atoms with Crippen molar-refractivity contribution >= 4 is 11.9 Å². The number of benzene rings is 2. The number of carbonyl (C=O) groups excluding carboxylic acids is 2. The highest BCUT2D eigenvalue weighted by Gasteiger charge is 2.11. The largest absolute Gasteiger partial charge is 0.484 e. The van der Waals surface area contributed by atoms with Crippen molar-refractivity contribution < 1.29 is 19.1 Å². The molecule has 0 aliphatic carbocycles. The lowest BCUT2D eigenvalue weighted by molar-refractivity contribution is -0.132. The standard InChI is InChI=1S/C20H23NO4/c1-4-15-7-11-18(12-8-15)25-14-19(22)21(2)13-16-5-9-17(10-6-16)20(23)24-3/h5-12H,4,13-14H2,1-3H3. The van der Waals surface area contributed by atoms with Crippen LogP contribution in [0.15, 0.2) is 48.5 Å². The number of likely N-dealkylation sites (N-methyl/N-ethyl adjacent to an activating group) is 1. The van der Waals surface area contributed by atoms with Crippen molar-refractivity contribution in [2.75, 3.05) is 20.8 Å². The topological polar surface area (TPSA) is 55.8 Å². The fourth-order valence-electron chi connectivity index (χ4n) is 2.30. The summed E-state index contributed by atoms with van der Waals surface area (Å²) in [6.07, 6.45) is 0.969. The van der Waals surface area contributed by atoms with Gasteiger partial charge in [-0.25, -0.2) is 4.79 Å². The lowest BCUT2D eigenvalue weighted by Gasteiger charge is -2.18. The van der Waals surface area contributed by atoms with Crippen molar-refractivity contribution in [3.63, 3.8) is 0 Å². The molecule has 2 rings (SSSR count). The van der Waals surface area contributed by atoms with Gasteiger partial charge in [-0.05, 0) is 41.8 Å². The van der Waals surface area contributed by atoms with E-state index in [1.807, 2.05) is 24.3 Å². The number of hydrogen-bond donors (Lipinski definition) is 0. The molecule has 25 heavy (non-hydrogen) atoms. The van der Waals surface area contributed by atoms with Gasteiger partial charge < -0.3 is 14.4 Å². The lowest BCUT2D eigenvalue weighted by Crippen LogP contribution is -2.30. The molecule has 0 saturated heterocycles. The van der Waals surface area contributed by atoms with Crippen molar-refractivity contribution in [2.24, 2.45) is 0 Å². The van der Waals surface area contributed by atoms with E-state index in [0.29, 0.717) is 17.9 Å². The van der Waals surface area contributed by atoms with E-state index in [2.05, 4.69) is 11.7 Å². The Balaban J connectivity index is 1.85. The van der Waals surface area contributed by atoms with Crippen molar-refractivity contribution in [3.05, 3.63) is 65.2 Å². The van der Waals surface area contributed by atoms with Gasteiger partial charge in [0.15, 0.2) is 6.61 Å². The zero-order valence-corrected chi connectivity index (χ0v) is 14.8. The maximum atomic E-state index is 12.2. The van der Waals surface area contributed by atoms with Crippen LogP contribution >= 0.6 is 0 Å². The molecular weight excluding hydrogens is 318 g/mol. The average Bonchev–Trinajstić information content (AvgIpc) is 2.66. The van der Waals surface area contributed by atoms with Crippen LogP contribution in [0.5, 0.6) is 5.75 Å². The third-order valence-electron chi connectivity index (χ3n) is 3.91. The number of carbonyl (C=O) groups is 2. The Morgan fingerprint density at radius 2 is 1.56 bits per heavy atom. The minimum atomic E-state index is -0.376. The summed E-state index contributed by atoms with van der Waals surface area (Å²) in [5.41, 5.74) is 2.64. The number of nitrogens with zero attached hydrogens (tertiary/aromatic N) is 1. The fourth-order valence-corrected chi connectivity index (χ4v) is 2.30. The summed E-state index contributed by atoms with van der Waals surface area (Å²) in [6.45, 7) is 2.52. The first-order valence-corrected chi connectivity index (χ1v) is 8.16. The second-order valence-corrected chi connectivity index (χ2v) is 5.72. The maximum Gasteiger partial charge on any atom is 0.337 e. The first-order valence-electron chi connectivity index (χ1n) is 8.16. The Bertz CT molecular complexity index is 707. The molecule has 0 spiro atoms. The van der Waals surface area contributed by atoms with Gasteiger partial charge >= 0.3 is 5.97 Å². The van der Waals surface area contributed by atoms with Crippen molar-refractivity contribution in [1.29, 1.82) is 0 Å². The van der Waals surface area contributed by atoms with Crippen LogP contribution in [0.3, 0.4) is 0 Å². The van der Waals surface area contributed by atoms with Crippen LogP contribution < -0.4 is 4.74 Å². The van der Waals surface area contributed by atoms with Crippen LogP contribution in [-0.2, 0) is 22.5 Å². The van der Waals surface area contributed by atoms with Crippen LogP contribution in [0.4, 0.5) is 0 Å². The number of ether oxygens (including phenoxy) is 2. The highest BCUT2D eigenvalue weighted by Crippen LogP contribution is 2.13. The van der Waals surface area contributed by atoms with Crippen LogP contribution in [-0.4, -0.2) is 37.5 Å². The van der Waals surface area contributed by atoms with Gasteiger partial charge in [0.1, 0.15) is 5.75 Å². The summed E-state index contributed by atoms with van der Waals surface area (Å²) in [7, 11) is 3.07. The van der Waals surface area contributed by atoms with Crippen LogP contribution in [0.2, 0.25) is 0 Å². The van der Waals surface area contributed by atoms with Gasteiger partial charge in [0, 0.05) is 13.6 Å². The van der Waals surface area contributed by atoms with Gasteiger partial charge in [-0.2, -0.15) is 0 Å². The Morgan fingerprint density at radius 1 is 0.960 bits per heavy atom. The van der Waals surface area contributed by atoms with Crippen LogP contribution in [0.25, 0.3) is 0 Å². The highest BCUT2D eigenvalue weighted by atomic mass is 16.5. The molecule has 0 aliphatic rings. The summed E-state index contributed by atoms with van der Waals surface area (Å²) in [4.78, 5) is 25.2. The number of esters is 1. The Labute approximate surface area is 148 Å². The van der Waals surface area contributed by atoms with Gasteiger partial charge in [0.2, 0.25) is 0 Å². The summed E-state index contributed by atoms with van der Waals surface area (Å²) in [5.74, 6) is 0.191.